The number of fused-ring (bicyclic) bond motifs is 1. The van der Waals surface area contributed by atoms with Crippen LogP contribution in [0.5, 0.6) is 0 Å². The van der Waals surface area contributed by atoms with Crippen LogP contribution < -0.4 is 0 Å². The number of sulfonamides is 1. The fourth-order valence-electron chi connectivity index (χ4n) is 4.11. The number of Topliss-reactive ketones (excluding diaryl/α,β-unsaturated/α-hetero) is 1. The van der Waals surface area contributed by atoms with Crippen LogP contribution in [0.15, 0.2) is 77.7 Å². The van der Waals surface area contributed by atoms with Crippen LogP contribution in [-0.2, 0) is 14.8 Å². The topological polar surface area (TPSA) is 54.5 Å². The minimum Gasteiger partial charge on any atom is -0.294 e. The lowest BCUT2D eigenvalue weighted by atomic mass is 9.96. The molecule has 0 N–H and O–H groups in total. The van der Waals surface area contributed by atoms with E-state index in [0.29, 0.717) is 12.0 Å². The average molecular weight is 379 g/mol. The minimum atomic E-state index is -3.67. The smallest absolute Gasteiger partial charge is 0.243 e. The normalized spacial score (nSPS) is 22.9. The molecule has 0 unspecified atom stereocenters. The van der Waals surface area contributed by atoms with E-state index in [1.807, 2.05) is 37.3 Å². The predicted molar refractivity (Wildman–Crippen MR) is 106 cm³/mol. The molecule has 1 heterocycles. The number of allylic oxidation sites excluding steroid dienone is 1. The third-order valence-electron chi connectivity index (χ3n) is 5.46. The number of aryl methyl sites for hydroxylation is 1. The SMILES string of the molecule is C=C[C@@H]1[C@H]2CC(=O)C(c3ccccc3)=C2CN1S(=O)(=O)c1ccc(C)cc1. The molecule has 1 saturated heterocycles. The van der Waals surface area contributed by atoms with Crippen molar-refractivity contribution >= 4 is 21.4 Å². The zero-order valence-corrected chi connectivity index (χ0v) is 15.9. The van der Waals surface area contributed by atoms with Gasteiger partial charge in [0, 0.05) is 24.5 Å². The molecule has 0 aromatic heterocycles. The molecule has 1 aliphatic carbocycles. The maximum Gasteiger partial charge on any atom is 0.243 e. The maximum absolute atomic E-state index is 13.2. The quantitative estimate of drug-likeness (QED) is 0.763. The van der Waals surface area contributed by atoms with Gasteiger partial charge >= 0.3 is 0 Å². The zero-order valence-electron chi connectivity index (χ0n) is 15.1. The first-order valence-electron chi connectivity index (χ1n) is 8.96. The minimum absolute atomic E-state index is 0.0837. The molecular formula is C22H21NO3S. The molecular weight excluding hydrogens is 358 g/mol. The van der Waals surface area contributed by atoms with Gasteiger partial charge in [0.15, 0.2) is 5.78 Å². The molecule has 2 aromatic carbocycles. The van der Waals surface area contributed by atoms with Crippen LogP contribution in [0.4, 0.5) is 0 Å². The largest absolute Gasteiger partial charge is 0.294 e. The van der Waals surface area contributed by atoms with E-state index in [1.165, 1.54) is 4.31 Å². The zero-order chi connectivity index (χ0) is 19.2. The van der Waals surface area contributed by atoms with Crippen molar-refractivity contribution in [1.82, 2.24) is 4.31 Å². The van der Waals surface area contributed by atoms with Gasteiger partial charge in [-0.25, -0.2) is 8.42 Å². The van der Waals surface area contributed by atoms with Gasteiger partial charge in [0.1, 0.15) is 0 Å². The number of rotatable bonds is 4. The Morgan fingerprint density at radius 2 is 1.74 bits per heavy atom. The van der Waals surface area contributed by atoms with Gasteiger partial charge in [0.25, 0.3) is 0 Å². The highest BCUT2D eigenvalue weighted by Gasteiger charge is 2.48. The number of ketones is 1. The highest BCUT2D eigenvalue weighted by Crippen LogP contribution is 2.45. The molecule has 2 aromatic rings. The molecule has 27 heavy (non-hydrogen) atoms. The van der Waals surface area contributed by atoms with E-state index in [0.717, 1.165) is 16.7 Å². The van der Waals surface area contributed by atoms with E-state index >= 15 is 0 Å². The summed E-state index contributed by atoms with van der Waals surface area (Å²) in [5, 5.41) is 0. The highest BCUT2D eigenvalue weighted by molar-refractivity contribution is 7.89. The van der Waals surface area contributed by atoms with Gasteiger partial charge in [-0.05, 0) is 30.2 Å². The van der Waals surface area contributed by atoms with Crippen molar-refractivity contribution < 1.29 is 13.2 Å². The Hall–Kier alpha value is -2.50. The standard InChI is InChI=1S/C22H21NO3S/c1-3-20-18-13-21(24)22(16-7-5-4-6-8-16)19(18)14-23(20)27(25,26)17-11-9-15(2)10-12-17/h3-12,18,20H,1,13-14H2,2H3/t18-,20+/m0/s1. The third kappa shape index (κ3) is 2.87. The lowest BCUT2D eigenvalue weighted by Crippen LogP contribution is -2.37. The van der Waals surface area contributed by atoms with Gasteiger partial charge in [-0.3, -0.25) is 4.79 Å². The van der Waals surface area contributed by atoms with Crippen molar-refractivity contribution in [2.45, 2.75) is 24.3 Å². The molecule has 0 spiro atoms. The highest BCUT2D eigenvalue weighted by atomic mass is 32.2. The summed E-state index contributed by atoms with van der Waals surface area (Å²) in [6.07, 6.45) is 1.99. The summed E-state index contributed by atoms with van der Waals surface area (Å²) in [5.41, 5.74) is 3.45. The van der Waals surface area contributed by atoms with Crippen molar-refractivity contribution in [1.29, 1.82) is 0 Å². The molecule has 4 rings (SSSR count). The maximum atomic E-state index is 13.2. The Kier molecular flexibility index (Phi) is 4.36. The Bertz CT molecular complexity index is 1040. The molecule has 0 radical (unpaired) electrons. The summed E-state index contributed by atoms with van der Waals surface area (Å²) < 4.78 is 28.0. The van der Waals surface area contributed by atoms with Gasteiger partial charge in [-0.1, -0.05) is 54.1 Å². The van der Waals surface area contributed by atoms with Crippen molar-refractivity contribution in [3.8, 4) is 0 Å². The molecule has 4 nitrogen and oxygen atoms in total. The molecule has 2 aliphatic rings. The van der Waals surface area contributed by atoms with Crippen molar-refractivity contribution in [2.24, 2.45) is 5.92 Å². The van der Waals surface area contributed by atoms with Gasteiger partial charge < -0.3 is 0 Å². The summed E-state index contributed by atoms with van der Waals surface area (Å²) in [6.45, 7) is 6.01. The molecule has 0 bridgehead atoms. The Labute approximate surface area is 159 Å². The summed E-state index contributed by atoms with van der Waals surface area (Å²) in [7, 11) is -3.67. The molecule has 0 saturated carbocycles. The van der Waals surface area contributed by atoms with Gasteiger partial charge in [0.2, 0.25) is 10.0 Å². The van der Waals surface area contributed by atoms with E-state index in [2.05, 4.69) is 6.58 Å². The summed E-state index contributed by atoms with van der Waals surface area (Å²) in [5.74, 6) is -0.0501. The molecule has 1 fully saturated rings. The van der Waals surface area contributed by atoms with E-state index in [4.69, 9.17) is 0 Å². The number of carbonyl (C=O) groups excluding carboxylic acids is 1. The fourth-order valence-corrected chi connectivity index (χ4v) is 5.72. The third-order valence-corrected chi connectivity index (χ3v) is 7.31. The van der Waals surface area contributed by atoms with Gasteiger partial charge in [-0.15, -0.1) is 6.58 Å². The second-order valence-corrected chi connectivity index (χ2v) is 8.98. The second kappa shape index (κ2) is 6.59. The fraction of sp³-hybridized carbons (Fsp3) is 0.227. The molecule has 2 atom stereocenters. The number of benzene rings is 2. The van der Waals surface area contributed by atoms with Crippen LogP contribution in [0.3, 0.4) is 0 Å². The monoisotopic (exact) mass is 379 g/mol. The van der Waals surface area contributed by atoms with Gasteiger partial charge in [0.05, 0.1) is 10.9 Å². The number of nitrogens with zero attached hydrogens (tertiary/aromatic N) is 1. The molecule has 1 aliphatic heterocycles. The van der Waals surface area contributed by atoms with Crippen LogP contribution in [-0.4, -0.2) is 31.1 Å². The summed E-state index contributed by atoms with van der Waals surface area (Å²) in [6, 6.07) is 16.0. The molecule has 138 valence electrons. The van der Waals surface area contributed by atoms with E-state index < -0.39 is 16.1 Å². The first-order chi connectivity index (χ1) is 12.9. The number of hydrogen-bond acceptors (Lipinski definition) is 3. The predicted octanol–water partition coefficient (Wildman–Crippen LogP) is 3.60. The summed E-state index contributed by atoms with van der Waals surface area (Å²) >= 11 is 0. The van der Waals surface area contributed by atoms with Crippen molar-refractivity contribution in [2.75, 3.05) is 6.54 Å². The van der Waals surface area contributed by atoms with Crippen LogP contribution in [0.2, 0.25) is 0 Å². The molecule has 0 amide bonds. The van der Waals surface area contributed by atoms with Crippen LogP contribution in [0, 0.1) is 12.8 Å². The van der Waals surface area contributed by atoms with Crippen LogP contribution in [0.25, 0.3) is 5.57 Å². The van der Waals surface area contributed by atoms with Crippen LogP contribution in [0.1, 0.15) is 17.5 Å². The summed E-state index contributed by atoms with van der Waals surface area (Å²) in [4.78, 5) is 12.9. The Morgan fingerprint density at radius 3 is 2.37 bits per heavy atom. The number of hydrogen-bond donors (Lipinski definition) is 0. The Morgan fingerprint density at radius 1 is 1.07 bits per heavy atom. The first kappa shape index (κ1) is 17.9. The lowest BCUT2D eigenvalue weighted by molar-refractivity contribution is -0.113. The van der Waals surface area contributed by atoms with E-state index in [1.54, 1.807) is 30.3 Å². The number of carbonyl (C=O) groups is 1. The second-order valence-electron chi connectivity index (χ2n) is 7.09. The Balaban J connectivity index is 1.79. The first-order valence-corrected chi connectivity index (χ1v) is 10.4. The average Bonchev–Trinajstić information content (AvgIpc) is 3.17. The van der Waals surface area contributed by atoms with Gasteiger partial charge in [-0.2, -0.15) is 4.31 Å². The van der Waals surface area contributed by atoms with Crippen molar-refractivity contribution in [3.05, 3.63) is 84.0 Å². The van der Waals surface area contributed by atoms with E-state index in [-0.39, 0.29) is 23.1 Å². The van der Waals surface area contributed by atoms with E-state index in [9.17, 15) is 13.2 Å². The van der Waals surface area contributed by atoms with Crippen LogP contribution >= 0.6 is 0 Å². The molecule has 5 heteroatoms. The lowest BCUT2D eigenvalue weighted by Gasteiger charge is -2.24. The van der Waals surface area contributed by atoms with Crippen molar-refractivity contribution in [3.63, 3.8) is 0 Å².